The Hall–Kier alpha value is -1.71. The van der Waals surface area contributed by atoms with Gasteiger partial charge in [0, 0.05) is 30.7 Å². The van der Waals surface area contributed by atoms with Crippen molar-refractivity contribution in [2.45, 2.75) is 20.0 Å². The van der Waals surface area contributed by atoms with E-state index < -0.39 is 0 Å². The molecule has 0 radical (unpaired) electrons. The van der Waals surface area contributed by atoms with Gasteiger partial charge in [-0.1, -0.05) is 0 Å². The molecule has 0 aromatic carbocycles. The van der Waals surface area contributed by atoms with Gasteiger partial charge in [0.05, 0.1) is 12.7 Å². The van der Waals surface area contributed by atoms with E-state index in [9.17, 15) is 0 Å². The molecular weight excluding hydrogens is 176 g/mol. The zero-order valence-electron chi connectivity index (χ0n) is 8.22. The van der Waals surface area contributed by atoms with Crippen LogP contribution in [0.15, 0.2) is 36.9 Å². The normalized spacial score (nSPS) is 10.4. The molecule has 0 aliphatic carbocycles. The SMILES string of the molecule is CCn1cc(CNn2cccc2)cn1. The molecule has 4 heteroatoms. The summed E-state index contributed by atoms with van der Waals surface area (Å²) in [6, 6.07) is 3.98. The van der Waals surface area contributed by atoms with Gasteiger partial charge in [0.1, 0.15) is 0 Å². The summed E-state index contributed by atoms with van der Waals surface area (Å²) in [5, 5.41) is 4.20. The number of aromatic nitrogens is 3. The van der Waals surface area contributed by atoms with Crippen molar-refractivity contribution in [1.82, 2.24) is 14.5 Å². The van der Waals surface area contributed by atoms with E-state index in [-0.39, 0.29) is 0 Å². The van der Waals surface area contributed by atoms with E-state index in [4.69, 9.17) is 0 Å². The molecule has 14 heavy (non-hydrogen) atoms. The van der Waals surface area contributed by atoms with Crippen LogP contribution in [0.5, 0.6) is 0 Å². The molecule has 1 N–H and O–H groups in total. The predicted octanol–water partition coefficient (Wildman–Crippen LogP) is 1.45. The molecule has 2 rings (SSSR count). The first-order valence-corrected chi connectivity index (χ1v) is 4.76. The van der Waals surface area contributed by atoms with Crippen molar-refractivity contribution in [1.29, 1.82) is 0 Å². The molecule has 0 saturated carbocycles. The summed E-state index contributed by atoms with van der Waals surface area (Å²) in [6.45, 7) is 3.80. The first-order valence-electron chi connectivity index (χ1n) is 4.76. The van der Waals surface area contributed by atoms with Crippen molar-refractivity contribution in [3.05, 3.63) is 42.5 Å². The summed E-state index contributed by atoms with van der Waals surface area (Å²) in [4.78, 5) is 0. The molecule has 2 aromatic heterocycles. The van der Waals surface area contributed by atoms with Crippen LogP contribution in [-0.4, -0.2) is 14.5 Å². The van der Waals surface area contributed by atoms with E-state index >= 15 is 0 Å². The van der Waals surface area contributed by atoms with Gasteiger partial charge in [0.2, 0.25) is 0 Å². The molecule has 0 fully saturated rings. The van der Waals surface area contributed by atoms with Crippen LogP contribution in [0.2, 0.25) is 0 Å². The summed E-state index contributed by atoms with van der Waals surface area (Å²) >= 11 is 0. The van der Waals surface area contributed by atoms with Crippen LogP contribution in [0.3, 0.4) is 0 Å². The topological polar surface area (TPSA) is 34.8 Å². The van der Waals surface area contributed by atoms with Gasteiger partial charge in [-0.05, 0) is 19.1 Å². The molecule has 0 aliphatic heterocycles. The van der Waals surface area contributed by atoms with Gasteiger partial charge in [-0.3, -0.25) is 9.36 Å². The molecule has 2 heterocycles. The number of rotatable bonds is 4. The van der Waals surface area contributed by atoms with E-state index in [0.29, 0.717) is 0 Å². The zero-order chi connectivity index (χ0) is 9.80. The van der Waals surface area contributed by atoms with E-state index in [1.54, 1.807) is 0 Å². The lowest BCUT2D eigenvalue weighted by atomic mass is 10.4. The third-order valence-electron chi connectivity index (χ3n) is 2.08. The maximum atomic E-state index is 4.20. The van der Waals surface area contributed by atoms with Crippen LogP contribution in [0.1, 0.15) is 12.5 Å². The fourth-order valence-electron chi connectivity index (χ4n) is 1.29. The fraction of sp³-hybridized carbons (Fsp3) is 0.300. The van der Waals surface area contributed by atoms with Crippen molar-refractivity contribution in [3.63, 3.8) is 0 Å². The Balaban J connectivity index is 1.92. The van der Waals surface area contributed by atoms with Gasteiger partial charge in [0.25, 0.3) is 0 Å². The van der Waals surface area contributed by atoms with E-state index in [1.807, 2.05) is 40.1 Å². The number of hydrogen-bond donors (Lipinski definition) is 1. The zero-order valence-corrected chi connectivity index (χ0v) is 8.22. The van der Waals surface area contributed by atoms with Gasteiger partial charge < -0.3 is 5.43 Å². The van der Waals surface area contributed by atoms with E-state index in [1.165, 1.54) is 5.56 Å². The number of nitrogens with zero attached hydrogens (tertiary/aromatic N) is 3. The van der Waals surface area contributed by atoms with Crippen LogP contribution in [0.25, 0.3) is 0 Å². The van der Waals surface area contributed by atoms with Crippen molar-refractivity contribution in [3.8, 4) is 0 Å². The Morgan fingerprint density at radius 3 is 2.79 bits per heavy atom. The van der Waals surface area contributed by atoms with Crippen LogP contribution < -0.4 is 5.43 Å². The van der Waals surface area contributed by atoms with Crippen LogP contribution in [0.4, 0.5) is 0 Å². The lowest BCUT2D eigenvalue weighted by Gasteiger charge is -2.04. The van der Waals surface area contributed by atoms with E-state index in [0.717, 1.165) is 13.1 Å². The van der Waals surface area contributed by atoms with Gasteiger partial charge in [0.15, 0.2) is 0 Å². The van der Waals surface area contributed by atoms with Crippen molar-refractivity contribution in [2.24, 2.45) is 0 Å². The second-order valence-electron chi connectivity index (χ2n) is 3.13. The van der Waals surface area contributed by atoms with Crippen molar-refractivity contribution in [2.75, 3.05) is 5.43 Å². The Morgan fingerprint density at radius 2 is 2.14 bits per heavy atom. The maximum absolute atomic E-state index is 4.20. The van der Waals surface area contributed by atoms with Crippen molar-refractivity contribution < 1.29 is 0 Å². The van der Waals surface area contributed by atoms with Crippen LogP contribution in [-0.2, 0) is 13.1 Å². The summed E-state index contributed by atoms with van der Waals surface area (Å²) in [6.07, 6.45) is 7.89. The monoisotopic (exact) mass is 190 g/mol. The molecule has 0 saturated heterocycles. The van der Waals surface area contributed by atoms with Crippen molar-refractivity contribution >= 4 is 0 Å². The van der Waals surface area contributed by atoms with E-state index in [2.05, 4.69) is 23.6 Å². The maximum Gasteiger partial charge on any atom is 0.0595 e. The summed E-state index contributed by atoms with van der Waals surface area (Å²) < 4.78 is 3.86. The standard InChI is InChI=1S/C10H14N4/c1-2-13-9-10(7-11-13)8-12-14-5-3-4-6-14/h3-7,9,12H,2,8H2,1H3. The minimum Gasteiger partial charge on any atom is -0.322 e. The highest BCUT2D eigenvalue weighted by Gasteiger charge is 1.95. The molecule has 0 bridgehead atoms. The molecule has 4 nitrogen and oxygen atoms in total. The second-order valence-corrected chi connectivity index (χ2v) is 3.13. The average Bonchev–Trinajstić information content (AvgIpc) is 2.86. The minimum atomic E-state index is 0.800. The first kappa shape index (κ1) is 8.87. The average molecular weight is 190 g/mol. The highest BCUT2D eigenvalue weighted by atomic mass is 15.4. The Morgan fingerprint density at radius 1 is 1.36 bits per heavy atom. The Labute approximate surface area is 83.1 Å². The number of nitrogens with one attached hydrogen (secondary N) is 1. The molecule has 0 aliphatic rings. The minimum absolute atomic E-state index is 0.800. The fourth-order valence-corrected chi connectivity index (χ4v) is 1.29. The molecule has 0 amide bonds. The third-order valence-corrected chi connectivity index (χ3v) is 2.08. The molecule has 0 atom stereocenters. The van der Waals surface area contributed by atoms with Gasteiger partial charge in [-0.2, -0.15) is 5.10 Å². The van der Waals surface area contributed by atoms with Gasteiger partial charge in [-0.15, -0.1) is 0 Å². The number of hydrogen-bond acceptors (Lipinski definition) is 2. The Kier molecular flexibility index (Phi) is 2.53. The summed E-state index contributed by atoms with van der Waals surface area (Å²) in [5.74, 6) is 0. The summed E-state index contributed by atoms with van der Waals surface area (Å²) in [7, 11) is 0. The molecular formula is C10H14N4. The molecule has 2 aromatic rings. The predicted molar refractivity (Wildman–Crippen MR) is 55.4 cm³/mol. The molecule has 0 spiro atoms. The first-order chi connectivity index (χ1) is 6.88. The lowest BCUT2D eigenvalue weighted by Crippen LogP contribution is -2.11. The largest absolute Gasteiger partial charge is 0.322 e. The molecule has 0 unspecified atom stereocenters. The number of aryl methyl sites for hydroxylation is 1. The highest BCUT2D eigenvalue weighted by molar-refractivity contribution is 5.06. The third kappa shape index (κ3) is 1.96. The second kappa shape index (κ2) is 4.00. The quantitative estimate of drug-likeness (QED) is 0.791. The summed E-state index contributed by atoms with van der Waals surface area (Å²) in [5.41, 5.74) is 4.44. The smallest absolute Gasteiger partial charge is 0.0595 e. The van der Waals surface area contributed by atoms with Crippen LogP contribution >= 0.6 is 0 Å². The molecule has 74 valence electrons. The van der Waals surface area contributed by atoms with Gasteiger partial charge >= 0.3 is 0 Å². The van der Waals surface area contributed by atoms with Gasteiger partial charge in [-0.25, -0.2) is 0 Å². The lowest BCUT2D eigenvalue weighted by molar-refractivity contribution is 0.659. The highest BCUT2D eigenvalue weighted by Crippen LogP contribution is 1.98. The Bertz CT molecular complexity index is 374. The van der Waals surface area contributed by atoms with Crippen LogP contribution in [0, 0.1) is 0 Å².